The SMILES string of the molecule is Cc1ccc(-c2ccc(C=Nc3ccc(N(C)C)cc3)o2)c(Br)c1. The molecule has 0 radical (unpaired) electrons. The van der Waals surface area contributed by atoms with Gasteiger partial charge in [0.1, 0.15) is 11.5 Å². The largest absolute Gasteiger partial charge is 0.455 e. The van der Waals surface area contributed by atoms with Crippen molar-refractivity contribution in [1.82, 2.24) is 0 Å². The van der Waals surface area contributed by atoms with Crippen molar-refractivity contribution in [2.75, 3.05) is 19.0 Å². The molecule has 4 heteroatoms. The maximum absolute atomic E-state index is 5.89. The molecule has 0 saturated heterocycles. The van der Waals surface area contributed by atoms with E-state index in [0.29, 0.717) is 0 Å². The van der Waals surface area contributed by atoms with Gasteiger partial charge in [0.05, 0.1) is 11.9 Å². The van der Waals surface area contributed by atoms with E-state index >= 15 is 0 Å². The van der Waals surface area contributed by atoms with Crippen LogP contribution in [0.2, 0.25) is 0 Å². The highest BCUT2D eigenvalue weighted by atomic mass is 79.9. The first-order valence-electron chi connectivity index (χ1n) is 7.71. The van der Waals surface area contributed by atoms with Gasteiger partial charge in [0.15, 0.2) is 0 Å². The van der Waals surface area contributed by atoms with E-state index in [2.05, 4.69) is 50.9 Å². The van der Waals surface area contributed by atoms with Crippen LogP contribution in [0.3, 0.4) is 0 Å². The predicted octanol–water partition coefficient (Wildman–Crippen LogP) is 5.83. The molecule has 0 aliphatic rings. The van der Waals surface area contributed by atoms with Gasteiger partial charge < -0.3 is 9.32 Å². The molecule has 0 aliphatic heterocycles. The summed E-state index contributed by atoms with van der Waals surface area (Å²) in [7, 11) is 4.04. The molecule has 0 fully saturated rings. The van der Waals surface area contributed by atoms with Gasteiger partial charge in [-0.05, 0) is 61.0 Å². The highest BCUT2D eigenvalue weighted by Gasteiger charge is 2.07. The first-order valence-corrected chi connectivity index (χ1v) is 8.50. The Kier molecular flexibility index (Phi) is 4.86. The van der Waals surface area contributed by atoms with Gasteiger partial charge in [-0.25, -0.2) is 0 Å². The van der Waals surface area contributed by atoms with Crippen molar-refractivity contribution in [3.05, 3.63) is 70.4 Å². The van der Waals surface area contributed by atoms with Crippen molar-refractivity contribution < 1.29 is 4.42 Å². The summed E-state index contributed by atoms with van der Waals surface area (Å²) in [6.07, 6.45) is 1.75. The molecular formula is C20H19BrN2O. The van der Waals surface area contributed by atoms with Crippen LogP contribution in [0.5, 0.6) is 0 Å². The summed E-state index contributed by atoms with van der Waals surface area (Å²) in [6, 6.07) is 18.2. The standard InChI is InChI=1S/C20H19BrN2O/c1-14-4-10-18(19(21)12-14)20-11-9-17(24-20)13-22-15-5-7-16(8-6-15)23(2)3/h4-13H,1-3H3. The van der Waals surface area contributed by atoms with Gasteiger partial charge in [0, 0.05) is 29.8 Å². The lowest BCUT2D eigenvalue weighted by molar-refractivity contribution is 0.575. The zero-order chi connectivity index (χ0) is 17.1. The molecule has 0 atom stereocenters. The van der Waals surface area contributed by atoms with Crippen molar-refractivity contribution in [2.45, 2.75) is 6.92 Å². The quantitative estimate of drug-likeness (QED) is 0.530. The molecule has 0 spiro atoms. The van der Waals surface area contributed by atoms with Gasteiger partial charge >= 0.3 is 0 Å². The molecule has 1 aromatic heterocycles. The lowest BCUT2D eigenvalue weighted by atomic mass is 10.1. The van der Waals surface area contributed by atoms with Crippen LogP contribution in [-0.4, -0.2) is 20.3 Å². The van der Waals surface area contributed by atoms with Crippen LogP contribution in [0.4, 0.5) is 11.4 Å². The number of benzene rings is 2. The highest BCUT2D eigenvalue weighted by Crippen LogP contribution is 2.30. The number of aryl methyl sites for hydroxylation is 1. The van der Waals surface area contributed by atoms with Crippen molar-refractivity contribution in [3.63, 3.8) is 0 Å². The van der Waals surface area contributed by atoms with E-state index < -0.39 is 0 Å². The number of halogens is 1. The van der Waals surface area contributed by atoms with E-state index in [0.717, 1.165) is 32.9 Å². The average molecular weight is 383 g/mol. The Labute approximate surface area is 150 Å². The Morgan fingerprint density at radius 2 is 1.75 bits per heavy atom. The van der Waals surface area contributed by atoms with Crippen LogP contribution in [0, 0.1) is 6.92 Å². The minimum Gasteiger partial charge on any atom is -0.455 e. The molecule has 3 rings (SSSR count). The Bertz CT molecular complexity index is 864. The summed E-state index contributed by atoms with van der Waals surface area (Å²) < 4.78 is 6.91. The summed E-state index contributed by atoms with van der Waals surface area (Å²) in [5, 5.41) is 0. The lowest BCUT2D eigenvalue weighted by Gasteiger charge is -2.11. The van der Waals surface area contributed by atoms with E-state index in [9.17, 15) is 0 Å². The molecule has 3 nitrogen and oxygen atoms in total. The second-order valence-corrected chi connectivity index (χ2v) is 6.71. The zero-order valence-corrected chi connectivity index (χ0v) is 15.5. The summed E-state index contributed by atoms with van der Waals surface area (Å²) in [5.41, 5.74) is 4.30. The monoisotopic (exact) mass is 382 g/mol. The van der Waals surface area contributed by atoms with Crippen molar-refractivity contribution in [2.24, 2.45) is 4.99 Å². The van der Waals surface area contributed by atoms with E-state index in [-0.39, 0.29) is 0 Å². The number of hydrogen-bond acceptors (Lipinski definition) is 3. The average Bonchev–Trinajstić information content (AvgIpc) is 3.02. The summed E-state index contributed by atoms with van der Waals surface area (Å²) in [6.45, 7) is 2.07. The normalized spacial score (nSPS) is 11.2. The molecule has 3 aromatic rings. The van der Waals surface area contributed by atoms with Gasteiger partial charge in [0.25, 0.3) is 0 Å². The summed E-state index contributed by atoms with van der Waals surface area (Å²) in [4.78, 5) is 6.53. The number of rotatable bonds is 4. The molecular weight excluding hydrogens is 364 g/mol. The molecule has 24 heavy (non-hydrogen) atoms. The third-order valence-electron chi connectivity index (χ3n) is 3.72. The fourth-order valence-corrected chi connectivity index (χ4v) is 3.05. The van der Waals surface area contributed by atoms with Crippen molar-refractivity contribution in [3.8, 4) is 11.3 Å². The topological polar surface area (TPSA) is 28.7 Å². The fraction of sp³-hybridized carbons (Fsp3) is 0.150. The number of aliphatic imine (C=N–C) groups is 1. The third-order valence-corrected chi connectivity index (χ3v) is 4.38. The van der Waals surface area contributed by atoms with Crippen molar-refractivity contribution >= 4 is 33.5 Å². The Hall–Kier alpha value is -2.33. The number of anilines is 1. The molecule has 122 valence electrons. The lowest BCUT2D eigenvalue weighted by Crippen LogP contribution is -2.07. The van der Waals surface area contributed by atoms with Crippen LogP contribution in [-0.2, 0) is 0 Å². The third kappa shape index (κ3) is 3.77. The predicted molar refractivity (Wildman–Crippen MR) is 105 cm³/mol. The molecule has 0 aliphatic carbocycles. The van der Waals surface area contributed by atoms with E-state index in [1.807, 2.05) is 50.5 Å². The van der Waals surface area contributed by atoms with Crippen LogP contribution >= 0.6 is 15.9 Å². The second-order valence-electron chi connectivity index (χ2n) is 5.85. The summed E-state index contributed by atoms with van der Waals surface area (Å²) in [5.74, 6) is 1.56. The number of furan rings is 1. The van der Waals surface area contributed by atoms with Gasteiger partial charge in [-0.1, -0.05) is 22.0 Å². The van der Waals surface area contributed by atoms with Crippen LogP contribution in [0.15, 0.2) is 68.5 Å². The smallest absolute Gasteiger partial charge is 0.145 e. The van der Waals surface area contributed by atoms with Crippen LogP contribution in [0.25, 0.3) is 11.3 Å². The number of nitrogens with zero attached hydrogens (tertiary/aromatic N) is 2. The van der Waals surface area contributed by atoms with E-state index in [1.165, 1.54) is 5.56 Å². The van der Waals surface area contributed by atoms with Crippen molar-refractivity contribution in [1.29, 1.82) is 0 Å². The minimum atomic E-state index is 0.731. The highest BCUT2D eigenvalue weighted by molar-refractivity contribution is 9.10. The van der Waals surface area contributed by atoms with Gasteiger partial charge in [-0.3, -0.25) is 4.99 Å². The van der Waals surface area contributed by atoms with Crippen LogP contribution < -0.4 is 4.90 Å². The van der Waals surface area contributed by atoms with E-state index in [4.69, 9.17) is 4.42 Å². The van der Waals surface area contributed by atoms with Gasteiger partial charge in [0.2, 0.25) is 0 Å². The fourth-order valence-electron chi connectivity index (χ4n) is 2.36. The Morgan fingerprint density at radius 1 is 1.00 bits per heavy atom. The first kappa shape index (κ1) is 16.5. The molecule has 0 amide bonds. The molecule has 0 unspecified atom stereocenters. The Morgan fingerprint density at radius 3 is 2.42 bits per heavy atom. The molecule has 2 aromatic carbocycles. The van der Waals surface area contributed by atoms with Gasteiger partial charge in [-0.15, -0.1) is 0 Å². The Balaban J connectivity index is 1.78. The first-order chi connectivity index (χ1) is 11.5. The zero-order valence-electron chi connectivity index (χ0n) is 14.0. The maximum Gasteiger partial charge on any atom is 0.145 e. The van der Waals surface area contributed by atoms with Gasteiger partial charge in [-0.2, -0.15) is 0 Å². The minimum absolute atomic E-state index is 0.731. The molecule has 1 heterocycles. The summed E-state index contributed by atoms with van der Waals surface area (Å²) >= 11 is 3.59. The molecule has 0 bridgehead atoms. The molecule has 0 N–H and O–H groups in total. The van der Waals surface area contributed by atoms with E-state index in [1.54, 1.807) is 6.21 Å². The number of hydrogen-bond donors (Lipinski definition) is 0. The maximum atomic E-state index is 5.89. The van der Waals surface area contributed by atoms with Crippen LogP contribution in [0.1, 0.15) is 11.3 Å². The second kappa shape index (κ2) is 7.05. The molecule has 0 saturated carbocycles.